The molecular formula is C22H26N2O5. The first-order chi connectivity index (χ1) is 13.6. The number of benzene rings is 2. The van der Waals surface area contributed by atoms with Gasteiger partial charge in [0.05, 0.1) is 0 Å². The van der Waals surface area contributed by atoms with Crippen molar-refractivity contribution in [3.63, 3.8) is 0 Å². The van der Waals surface area contributed by atoms with Crippen LogP contribution in [0.15, 0.2) is 48.5 Å². The lowest BCUT2D eigenvalue weighted by molar-refractivity contribution is -0.155. The fraction of sp³-hybridized carbons (Fsp3) is 0.318. The molecule has 1 atom stereocenters. The molecule has 7 heteroatoms. The van der Waals surface area contributed by atoms with Crippen LogP contribution >= 0.6 is 0 Å². The highest BCUT2D eigenvalue weighted by molar-refractivity contribution is 5.96. The molecule has 29 heavy (non-hydrogen) atoms. The maximum atomic E-state index is 12.2. The van der Waals surface area contributed by atoms with Gasteiger partial charge in [0.25, 0.3) is 5.91 Å². The van der Waals surface area contributed by atoms with E-state index in [0.29, 0.717) is 17.0 Å². The summed E-state index contributed by atoms with van der Waals surface area (Å²) in [4.78, 5) is 35.2. The minimum absolute atomic E-state index is 0.0282. The molecule has 0 heterocycles. The lowest BCUT2D eigenvalue weighted by Crippen LogP contribution is -2.31. The Labute approximate surface area is 170 Å². The molecule has 2 amide bonds. The minimum Gasteiger partial charge on any atom is -0.482 e. The van der Waals surface area contributed by atoms with Crippen LogP contribution in [0.4, 0.5) is 5.69 Å². The Bertz CT molecular complexity index is 868. The van der Waals surface area contributed by atoms with Crippen molar-refractivity contribution in [2.75, 3.05) is 11.9 Å². The zero-order valence-electron chi connectivity index (χ0n) is 17.0. The van der Waals surface area contributed by atoms with Crippen molar-refractivity contribution in [2.24, 2.45) is 5.73 Å². The van der Waals surface area contributed by atoms with Gasteiger partial charge in [-0.1, -0.05) is 32.9 Å². The van der Waals surface area contributed by atoms with Crippen LogP contribution in [0.5, 0.6) is 5.75 Å². The van der Waals surface area contributed by atoms with Gasteiger partial charge >= 0.3 is 5.97 Å². The van der Waals surface area contributed by atoms with Gasteiger partial charge in [-0.2, -0.15) is 0 Å². The summed E-state index contributed by atoms with van der Waals surface area (Å²) in [6, 6.07) is 13.5. The quantitative estimate of drug-likeness (QED) is 0.697. The number of carbonyl (C=O) groups excluding carboxylic acids is 3. The summed E-state index contributed by atoms with van der Waals surface area (Å²) in [7, 11) is 0. The molecule has 0 bridgehead atoms. The van der Waals surface area contributed by atoms with Crippen molar-refractivity contribution in [2.45, 2.75) is 39.2 Å². The van der Waals surface area contributed by atoms with E-state index in [4.69, 9.17) is 15.2 Å². The summed E-state index contributed by atoms with van der Waals surface area (Å²) in [5.41, 5.74) is 7.14. The fourth-order valence-electron chi connectivity index (χ4n) is 2.44. The van der Waals surface area contributed by atoms with Crippen molar-refractivity contribution in [3.05, 3.63) is 59.7 Å². The molecule has 0 aliphatic rings. The summed E-state index contributed by atoms with van der Waals surface area (Å²) in [6.45, 7) is 7.49. The number of hydrogen-bond acceptors (Lipinski definition) is 5. The van der Waals surface area contributed by atoms with Gasteiger partial charge in [0.1, 0.15) is 5.75 Å². The smallest absolute Gasteiger partial charge is 0.344 e. The monoisotopic (exact) mass is 398 g/mol. The van der Waals surface area contributed by atoms with Crippen molar-refractivity contribution < 1.29 is 23.9 Å². The Hall–Kier alpha value is -3.35. The van der Waals surface area contributed by atoms with Gasteiger partial charge in [-0.3, -0.25) is 9.59 Å². The number of primary amides is 1. The van der Waals surface area contributed by atoms with E-state index in [1.807, 2.05) is 12.1 Å². The van der Waals surface area contributed by atoms with Crippen LogP contribution in [0.3, 0.4) is 0 Å². The summed E-state index contributed by atoms with van der Waals surface area (Å²) in [5.74, 6) is -1.17. The minimum atomic E-state index is -1.01. The van der Waals surface area contributed by atoms with Crippen LogP contribution in [0.25, 0.3) is 0 Å². The molecule has 0 saturated heterocycles. The molecule has 0 aliphatic heterocycles. The Morgan fingerprint density at radius 3 is 2.10 bits per heavy atom. The number of nitrogens with two attached hydrogens (primary N) is 1. The highest BCUT2D eigenvalue weighted by Gasteiger charge is 2.19. The van der Waals surface area contributed by atoms with Crippen molar-refractivity contribution >= 4 is 23.5 Å². The van der Waals surface area contributed by atoms with Gasteiger partial charge < -0.3 is 20.5 Å². The molecule has 0 spiro atoms. The zero-order chi connectivity index (χ0) is 21.6. The van der Waals surface area contributed by atoms with Gasteiger partial charge in [-0.05, 0) is 54.3 Å². The lowest BCUT2D eigenvalue weighted by atomic mass is 9.87. The molecule has 154 valence electrons. The first kappa shape index (κ1) is 21.9. The first-order valence-electron chi connectivity index (χ1n) is 9.20. The third-order valence-electron chi connectivity index (χ3n) is 4.19. The molecule has 0 saturated carbocycles. The Kier molecular flexibility index (Phi) is 6.98. The number of nitrogens with one attached hydrogen (secondary N) is 1. The van der Waals surface area contributed by atoms with E-state index in [1.165, 1.54) is 31.2 Å². The molecule has 0 unspecified atom stereocenters. The summed E-state index contributed by atoms with van der Waals surface area (Å²) in [5, 5.41) is 2.60. The van der Waals surface area contributed by atoms with Crippen molar-refractivity contribution in [1.29, 1.82) is 0 Å². The third kappa shape index (κ3) is 6.64. The number of esters is 1. The van der Waals surface area contributed by atoms with Crippen LogP contribution in [0, 0.1) is 0 Å². The average molecular weight is 398 g/mol. The van der Waals surface area contributed by atoms with E-state index in [9.17, 15) is 14.4 Å². The largest absolute Gasteiger partial charge is 0.482 e. The number of anilines is 1. The van der Waals surface area contributed by atoms with Crippen LogP contribution < -0.4 is 15.8 Å². The van der Waals surface area contributed by atoms with Gasteiger partial charge in [-0.25, -0.2) is 4.79 Å². The Morgan fingerprint density at radius 1 is 1.00 bits per heavy atom. The van der Waals surface area contributed by atoms with Crippen LogP contribution in [-0.2, 0) is 19.7 Å². The van der Waals surface area contributed by atoms with E-state index in [1.54, 1.807) is 12.1 Å². The predicted octanol–water partition coefficient (Wildman–Crippen LogP) is 3.03. The normalized spacial score (nSPS) is 12.0. The maximum Gasteiger partial charge on any atom is 0.344 e. The van der Waals surface area contributed by atoms with Crippen molar-refractivity contribution in [3.8, 4) is 5.75 Å². The summed E-state index contributed by atoms with van der Waals surface area (Å²) >= 11 is 0. The van der Waals surface area contributed by atoms with Gasteiger partial charge in [0, 0.05) is 11.3 Å². The molecule has 2 rings (SSSR count). The number of amides is 2. The first-order valence-corrected chi connectivity index (χ1v) is 9.20. The number of carbonyl (C=O) groups is 3. The molecule has 2 aromatic carbocycles. The molecule has 0 fully saturated rings. The van der Waals surface area contributed by atoms with Gasteiger partial charge in [-0.15, -0.1) is 0 Å². The number of ether oxygens (including phenoxy) is 2. The van der Waals surface area contributed by atoms with Crippen LogP contribution in [0.2, 0.25) is 0 Å². The topological polar surface area (TPSA) is 108 Å². The SMILES string of the molecule is C[C@@H](OC(=O)COc1ccc(C(C)(C)C)cc1)C(=O)Nc1ccc(C(N)=O)cc1. The summed E-state index contributed by atoms with van der Waals surface area (Å²) in [6.07, 6.45) is -1.01. The van der Waals surface area contributed by atoms with E-state index in [0.717, 1.165) is 5.56 Å². The Morgan fingerprint density at radius 2 is 1.59 bits per heavy atom. The number of rotatable bonds is 7. The fourth-order valence-corrected chi connectivity index (χ4v) is 2.44. The predicted molar refractivity (Wildman–Crippen MR) is 110 cm³/mol. The van der Waals surface area contributed by atoms with E-state index >= 15 is 0 Å². The molecular weight excluding hydrogens is 372 g/mol. The second-order valence-electron chi connectivity index (χ2n) is 7.63. The molecule has 3 N–H and O–H groups in total. The molecule has 2 aromatic rings. The number of hydrogen-bond donors (Lipinski definition) is 2. The molecule has 7 nitrogen and oxygen atoms in total. The highest BCUT2D eigenvalue weighted by atomic mass is 16.6. The zero-order valence-corrected chi connectivity index (χ0v) is 17.0. The van der Waals surface area contributed by atoms with E-state index in [2.05, 4.69) is 26.1 Å². The van der Waals surface area contributed by atoms with Crippen LogP contribution in [-0.4, -0.2) is 30.5 Å². The van der Waals surface area contributed by atoms with E-state index in [-0.39, 0.29) is 12.0 Å². The van der Waals surface area contributed by atoms with Gasteiger partial charge in [0.2, 0.25) is 5.91 Å². The highest BCUT2D eigenvalue weighted by Crippen LogP contribution is 2.24. The Balaban J connectivity index is 1.81. The summed E-state index contributed by atoms with van der Waals surface area (Å²) < 4.78 is 10.5. The second kappa shape index (κ2) is 9.23. The molecule has 0 aromatic heterocycles. The van der Waals surface area contributed by atoms with Gasteiger partial charge in [0.15, 0.2) is 12.7 Å². The van der Waals surface area contributed by atoms with Crippen molar-refractivity contribution in [1.82, 2.24) is 0 Å². The molecule has 0 radical (unpaired) electrons. The maximum absolute atomic E-state index is 12.2. The second-order valence-corrected chi connectivity index (χ2v) is 7.63. The average Bonchev–Trinajstić information content (AvgIpc) is 2.66. The standard InChI is InChI=1S/C22H26N2O5/c1-14(21(27)24-17-9-5-15(6-10-17)20(23)26)29-19(25)13-28-18-11-7-16(8-12-18)22(2,3)4/h5-12,14H,13H2,1-4H3,(H2,23,26)(H,24,27)/t14-/m1/s1. The molecule has 0 aliphatic carbocycles. The lowest BCUT2D eigenvalue weighted by Gasteiger charge is -2.19. The van der Waals surface area contributed by atoms with E-state index < -0.39 is 23.9 Å². The third-order valence-corrected chi connectivity index (χ3v) is 4.19. The van der Waals surface area contributed by atoms with Crippen LogP contribution in [0.1, 0.15) is 43.6 Å².